The van der Waals surface area contributed by atoms with E-state index >= 15 is 0 Å². The quantitative estimate of drug-likeness (QED) is 0.293. The van der Waals surface area contributed by atoms with Crippen LogP contribution < -0.4 is 5.32 Å². The second kappa shape index (κ2) is 12.2. The first-order chi connectivity index (χ1) is 16.0. The Bertz CT molecular complexity index is 1090. The van der Waals surface area contributed by atoms with Crippen molar-refractivity contribution in [3.05, 3.63) is 83.2 Å². The molecule has 0 radical (unpaired) electrons. The van der Waals surface area contributed by atoms with Crippen LogP contribution in [0.15, 0.2) is 54.6 Å². The van der Waals surface area contributed by atoms with E-state index in [0.717, 1.165) is 54.5 Å². The molecule has 0 aromatic heterocycles. The Labute approximate surface area is 210 Å². The molecule has 1 fully saturated rings. The maximum atomic E-state index is 14.0. The van der Waals surface area contributed by atoms with Crippen LogP contribution >= 0.6 is 17.0 Å². The molecule has 4 atom stereocenters. The van der Waals surface area contributed by atoms with E-state index in [1.165, 1.54) is 6.07 Å². The molecule has 0 aliphatic heterocycles. The molecule has 34 heavy (non-hydrogen) atoms. The summed E-state index contributed by atoms with van der Waals surface area (Å²) in [6.07, 6.45) is 4.61. The van der Waals surface area contributed by atoms with E-state index in [0.29, 0.717) is 18.4 Å². The Balaban J connectivity index is 0.00000324. The molecule has 184 valence electrons. The second-order valence-electron chi connectivity index (χ2n) is 9.33. The molecule has 1 aliphatic rings. The summed E-state index contributed by atoms with van der Waals surface area (Å²) < 4.78 is 40.6. The van der Waals surface area contributed by atoms with Crippen molar-refractivity contribution in [3.63, 3.8) is 0 Å². The third-order valence-electron chi connectivity index (χ3n) is 7.37. The lowest BCUT2D eigenvalue weighted by Gasteiger charge is -2.37. The van der Waals surface area contributed by atoms with Crippen molar-refractivity contribution < 1.29 is 18.3 Å². The minimum absolute atomic E-state index is 0. The Hall–Kier alpha value is -1.89. The first-order valence-electron chi connectivity index (χ1n) is 12.0. The van der Waals surface area contributed by atoms with Crippen molar-refractivity contribution in [2.24, 2.45) is 17.8 Å². The fourth-order valence-corrected chi connectivity index (χ4v) is 5.48. The van der Waals surface area contributed by atoms with Crippen LogP contribution in [0.3, 0.4) is 0 Å². The standard InChI is InChI=1S/C28H32F3NO.BrH/c1-2-18(16-32-17-22-13-14-25(29)27(31)26(22)30)20-9-5-10-21(15-20)28(33)24-12-6-8-19-7-3-4-11-23(19)24;/h3-4,6-8,11-14,18,20-21,28,32-33H,2,5,9-10,15-17H2,1H3;1H/t18?,20?,21?,28-;/m0./s1. The Morgan fingerprint density at radius 2 is 1.68 bits per heavy atom. The minimum atomic E-state index is -1.42. The molecule has 6 heteroatoms. The van der Waals surface area contributed by atoms with E-state index in [1.807, 2.05) is 24.3 Å². The highest BCUT2D eigenvalue weighted by Crippen LogP contribution is 2.42. The molecule has 3 unspecified atom stereocenters. The lowest BCUT2D eigenvalue weighted by Crippen LogP contribution is -2.32. The van der Waals surface area contributed by atoms with Crippen molar-refractivity contribution in [3.8, 4) is 0 Å². The van der Waals surface area contributed by atoms with Crippen molar-refractivity contribution in [2.45, 2.75) is 51.7 Å². The van der Waals surface area contributed by atoms with Gasteiger partial charge in [-0.25, -0.2) is 13.2 Å². The summed E-state index contributed by atoms with van der Waals surface area (Å²) in [5.74, 6) is -2.67. The van der Waals surface area contributed by atoms with Crippen LogP contribution in [0.2, 0.25) is 0 Å². The zero-order chi connectivity index (χ0) is 23.4. The largest absolute Gasteiger partial charge is 0.388 e. The van der Waals surface area contributed by atoms with Crippen LogP contribution in [-0.4, -0.2) is 11.7 Å². The first kappa shape index (κ1) is 26.7. The second-order valence-corrected chi connectivity index (χ2v) is 9.33. The summed E-state index contributed by atoms with van der Waals surface area (Å²) in [7, 11) is 0. The average molecular weight is 536 g/mol. The van der Waals surface area contributed by atoms with Crippen LogP contribution in [0.1, 0.15) is 56.3 Å². The molecule has 1 aliphatic carbocycles. The zero-order valence-corrected chi connectivity index (χ0v) is 21.2. The Morgan fingerprint density at radius 1 is 0.941 bits per heavy atom. The average Bonchev–Trinajstić information content (AvgIpc) is 2.85. The SMILES string of the molecule is Br.CCC(CNCc1ccc(F)c(F)c1F)C1CCCC([C@H](O)c2cccc3ccccc23)C1. The Morgan fingerprint density at radius 3 is 2.47 bits per heavy atom. The lowest BCUT2D eigenvalue weighted by molar-refractivity contribution is 0.0559. The highest BCUT2D eigenvalue weighted by atomic mass is 79.9. The van der Waals surface area contributed by atoms with Crippen LogP contribution in [-0.2, 0) is 6.54 Å². The minimum Gasteiger partial charge on any atom is -0.388 e. The topological polar surface area (TPSA) is 32.3 Å². The normalized spacial score (nSPS) is 20.0. The van der Waals surface area contributed by atoms with Crippen LogP contribution in [0.25, 0.3) is 10.8 Å². The number of nitrogens with one attached hydrogen (secondary N) is 1. The molecule has 2 N–H and O–H groups in total. The number of benzene rings is 3. The number of rotatable bonds is 8. The molecule has 0 amide bonds. The number of fused-ring (bicyclic) bond motifs is 1. The van der Waals surface area contributed by atoms with E-state index in [4.69, 9.17) is 0 Å². The van der Waals surface area contributed by atoms with Gasteiger partial charge in [0.25, 0.3) is 0 Å². The molecular weight excluding hydrogens is 503 g/mol. The van der Waals surface area contributed by atoms with Crippen LogP contribution in [0, 0.1) is 35.2 Å². The van der Waals surface area contributed by atoms with Gasteiger partial charge < -0.3 is 10.4 Å². The number of hydrogen-bond donors (Lipinski definition) is 2. The third kappa shape index (κ3) is 5.84. The Kier molecular flexibility index (Phi) is 9.57. The number of halogens is 4. The number of hydrogen-bond acceptors (Lipinski definition) is 2. The molecule has 0 bridgehead atoms. The van der Waals surface area contributed by atoms with Crippen molar-refractivity contribution in [2.75, 3.05) is 6.54 Å². The fourth-order valence-electron chi connectivity index (χ4n) is 5.48. The van der Waals surface area contributed by atoms with E-state index in [2.05, 4.69) is 30.4 Å². The molecule has 3 aromatic carbocycles. The summed E-state index contributed by atoms with van der Waals surface area (Å²) in [5, 5.41) is 16.8. The molecule has 0 spiro atoms. The van der Waals surface area contributed by atoms with Crippen LogP contribution in [0.5, 0.6) is 0 Å². The van der Waals surface area contributed by atoms with Crippen molar-refractivity contribution >= 4 is 27.8 Å². The summed E-state index contributed by atoms with van der Waals surface area (Å²) in [5.41, 5.74) is 1.13. The van der Waals surface area contributed by atoms with Gasteiger partial charge in [0.1, 0.15) is 0 Å². The number of aliphatic hydroxyl groups excluding tert-OH is 1. The van der Waals surface area contributed by atoms with Gasteiger partial charge in [0, 0.05) is 12.1 Å². The summed E-state index contributed by atoms with van der Waals surface area (Å²) in [4.78, 5) is 0. The van der Waals surface area contributed by atoms with Gasteiger partial charge in [-0.05, 0) is 59.5 Å². The first-order valence-corrected chi connectivity index (χ1v) is 12.0. The molecule has 3 aromatic rings. The fraction of sp³-hybridized carbons (Fsp3) is 0.429. The monoisotopic (exact) mass is 535 g/mol. The van der Waals surface area contributed by atoms with Crippen molar-refractivity contribution in [1.82, 2.24) is 5.32 Å². The van der Waals surface area contributed by atoms with Gasteiger partial charge in [-0.3, -0.25) is 0 Å². The third-order valence-corrected chi connectivity index (χ3v) is 7.37. The maximum absolute atomic E-state index is 14.0. The smallest absolute Gasteiger partial charge is 0.194 e. The summed E-state index contributed by atoms with van der Waals surface area (Å²) >= 11 is 0. The van der Waals surface area contributed by atoms with Gasteiger partial charge in [-0.2, -0.15) is 0 Å². The van der Waals surface area contributed by atoms with E-state index in [9.17, 15) is 18.3 Å². The molecule has 1 saturated carbocycles. The molecule has 4 rings (SSSR count). The van der Waals surface area contributed by atoms with Gasteiger partial charge in [-0.15, -0.1) is 17.0 Å². The van der Waals surface area contributed by atoms with Gasteiger partial charge in [0.15, 0.2) is 17.5 Å². The predicted molar refractivity (Wildman–Crippen MR) is 136 cm³/mol. The zero-order valence-electron chi connectivity index (χ0n) is 19.4. The van der Waals surface area contributed by atoms with Gasteiger partial charge in [0.05, 0.1) is 6.10 Å². The highest BCUT2D eigenvalue weighted by Gasteiger charge is 2.32. The summed E-state index contributed by atoms with van der Waals surface area (Å²) in [6, 6.07) is 16.5. The molecule has 0 heterocycles. The van der Waals surface area contributed by atoms with Gasteiger partial charge >= 0.3 is 0 Å². The molecular formula is C28H33BrF3NO. The van der Waals surface area contributed by atoms with Crippen LogP contribution in [0.4, 0.5) is 13.2 Å². The van der Waals surface area contributed by atoms with E-state index < -0.39 is 23.6 Å². The summed E-state index contributed by atoms with van der Waals surface area (Å²) in [6.45, 7) is 2.99. The van der Waals surface area contributed by atoms with Gasteiger partial charge in [-0.1, -0.05) is 74.7 Å². The predicted octanol–water partition coefficient (Wildman–Crippen LogP) is 7.49. The van der Waals surface area contributed by atoms with E-state index in [1.54, 1.807) is 0 Å². The van der Waals surface area contributed by atoms with Gasteiger partial charge in [0.2, 0.25) is 0 Å². The number of aliphatic hydroxyl groups is 1. The lowest BCUT2D eigenvalue weighted by atomic mass is 9.71. The molecule has 2 nitrogen and oxygen atoms in total. The van der Waals surface area contributed by atoms with E-state index in [-0.39, 0.29) is 35.0 Å². The maximum Gasteiger partial charge on any atom is 0.194 e. The van der Waals surface area contributed by atoms with Crippen molar-refractivity contribution in [1.29, 1.82) is 0 Å². The highest BCUT2D eigenvalue weighted by molar-refractivity contribution is 8.93. The molecule has 0 saturated heterocycles.